The number of carbonyl (C=O) groups excluding carboxylic acids is 1. The van der Waals surface area contributed by atoms with Gasteiger partial charge in [0, 0.05) is 12.6 Å². The van der Waals surface area contributed by atoms with Crippen LogP contribution in [0.25, 0.3) is 0 Å². The first-order chi connectivity index (χ1) is 9.50. The molecule has 110 valence electrons. The predicted molar refractivity (Wildman–Crippen MR) is 75.3 cm³/mol. The van der Waals surface area contributed by atoms with Gasteiger partial charge in [0.25, 0.3) is 5.91 Å². The lowest BCUT2D eigenvalue weighted by molar-refractivity contribution is 0.0932. The molecular weight excluding hydrogens is 280 g/mol. The highest BCUT2D eigenvalue weighted by Crippen LogP contribution is 2.12. The molecule has 2 heterocycles. The number of sulfone groups is 1. The second-order valence-electron chi connectivity index (χ2n) is 4.76. The SMILES string of the molecule is CCNc1ccc(C(=O)NC2CCCS(=O)(=O)C2)nn1. The molecule has 0 saturated carbocycles. The van der Waals surface area contributed by atoms with Gasteiger partial charge in [-0.2, -0.15) is 0 Å². The molecule has 0 radical (unpaired) electrons. The van der Waals surface area contributed by atoms with E-state index >= 15 is 0 Å². The van der Waals surface area contributed by atoms with Crippen LogP contribution in [0.1, 0.15) is 30.3 Å². The van der Waals surface area contributed by atoms with Gasteiger partial charge in [-0.3, -0.25) is 4.79 Å². The van der Waals surface area contributed by atoms with Crippen molar-refractivity contribution in [2.24, 2.45) is 0 Å². The molecule has 2 N–H and O–H groups in total. The van der Waals surface area contributed by atoms with Crippen molar-refractivity contribution in [2.75, 3.05) is 23.4 Å². The van der Waals surface area contributed by atoms with Crippen LogP contribution >= 0.6 is 0 Å². The summed E-state index contributed by atoms with van der Waals surface area (Å²) in [5, 5.41) is 13.4. The minimum atomic E-state index is -3.03. The Kier molecular flexibility index (Phi) is 4.53. The number of aromatic nitrogens is 2. The Labute approximate surface area is 118 Å². The maximum Gasteiger partial charge on any atom is 0.272 e. The van der Waals surface area contributed by atoms with Crippen LogP contribution in [0.15, 0.2) is 12.1 Å². The maximum atomic E-state index is 12.0. The lowest BCUT2D eigenvalue weighted by Crippen LogP contribution is -2.43. The summed E-state index contributed by atoms with van der Waals surface area (Å²) in [5.74, 6) is 0.421. The summed E-state index contributed by atoms with van der Waals surface area (Å²) in [4.78, 5) is 12.0. The fourth-order valence-corrected chi connectivity index (χ4v) is 3.76. The fourth-order valence-electron chi connectivity index (χ4n) is 2.12. The zero-order valence-electron chi connectivity index (χ0n) is 11.3. The number of amides is 1. The van der Waals surface area contributed by atoms with E-state index in [9.17, 15) is 13.2 Å². The van der Waals surface area contributed by atoms with E-state index in [1.54, 1.807) is 12.1 Å². The van der Waals surface area contributed by atoms with Crippen molar-refractivity contribution in [1.82, 2.24) is 15.5 Å². The first-order valence-electron chi connectivity index (χ1n) is 6.59. The van der Waals surface area contributed by atoms with E-state index in [0.717, 1.165) is 6.54 Å². The standard InChI is InChI=1S/C12H18N4O3S/c1-2-13-11-6-5-10(15-16-11)12(17)14-9-4-3-7-20(18,19)8-9/h5-6,9H,2-4,7-8H2,1H3,(H,13,16)(H,14,17). The van der Waals surface area contributed by atoms with Crippen molar-refractivity contribution < 1.29 is 13.2 Å². The van der Waals surface area contributed by atoms with E-state index in [1.807, 2.05) is 6.92 Å². The minimum absolute atomic E-state index is 0.00163. The van der Waals surface area contributed by atoms with Gasteiger partial charge in [-0.1, -0.05) is 0 Å². The Morgan fingerprint density at radius 1 is 1.40 bits per heavy atom. The second kappa shape index (κ2) is 6.17. The largest absolute Gasteiger partial charge is 0.369 e. The van der Waals surface area contributed by atoms with E-state index in [1.165, 1.54) is 0 Å². The van der Waals surface area contributed by atoms with Gasteiger partial charge in [-0.15, -0.1) is 10.2 Å². The molecule has 8 heteroatoms. The molecule has 1 amide bonds. The third-order valence-corrected chi connectivity index (χ3v) is 4.87. The summed E-state index contributed by atoms with van der Waals surface area (Å²) in [7, 11) is -3.03. The normalized spacial score (nSPS) is 21.1. The smallest absolute Gasteiger partial charge is 0.272 e. The van der Waals surface area contributed by atoms with Gasteiger partial charge in [-0.25, -0.2) is 8.42 Å². The Morgan fingerprint density at radius 3 is 2.80 bits per heavy atom. The lowest BCUT2D eigenvalue weighted by Gasteiger charge is -2.22. The van der Waals surface area contributed by atoms with Crippen LogP contribution < -0.4 is 10.6 Å². The van der Waals surface area contributed by atoms with Gasteiger partial charge in [0.15, 0.2) is 15.5 Å². The van der Waals surface area contributed by atoms with Gasteiger partial charge in [0.1, 0.15) is 5.82 Å². The molecule has 20 heavy (non-hydrogen) atoms. The predicted octanol–water partition coefficient (Wildman–Crippen LogP) is 0.215. The highest BCUT2D eigenvalue weighted by atomic mass is 32.2. The molecule has 1 aromatic rings. The zero-order valence-corrected chi connectivity index (χ0v) is 12.1. The van der Waals surface area contributed by atoms with Gasteiger partial charge in [-0.05, 0) is 31.9 Å². The Bertz CT molecular complexity index is 571. The quantitative estimate of drug-likeness (QED) is 0.824. The zero-order chi connectivity index (χ0) is 14.6. The topological polar surface area (TPSA) is 101 Å². The Hall–Kier alpha value is -1.70. The number of nitrogens with zero attached hydrogens (tertiary/aromatic N) is 2. The number of carbonyl (C=O) groups is 1. The van der Waals surface area contributed by atoms with Crippen molar-refractivity contribution in [2.45, 2.75) is 25.8 Å². The van der Waals surface area contributed by atoms with Crippen molar-refractivity contribution in [3.8, 4) is 0 Å². The summed E-state index contributed by atoms with van der Waals surface area (Å²) in [5.41, 5.74) is 0.189. The van der Waals surface area contributed by atoms with E-state index in [4.69, 9.17) is 0 Å². The van der Waals surface area contributed by atoms with Crippen LogP contribution in [0.4, 0.5) is 5.82 Å². The van der Waals surface area contributed by atoms with Crippen LogP contribution in [0.3, 0.4) is 0 Å². The molecule has 1 unspecified atom stereocenters. The average molecular weight is 298 g/mol. The maximum absolute atomic E-state index is 12.0. The van der Waals surface area contributed by atoms with Gasteiger partial charge in [0.05, 0.1) is 11.5 Å². The summed E-state index contributed by atoms with van der Waals surface area (Å²) in [6, 6.07) is 2.90. The fraction of sp³-hybridized carbons (Fsp3) is 0.583. The number of nitrogens with one attached hydrogen (secondary N) is 2. The number of hydrogen-bond donors (Lipinski definition) is 2. The van der Waals surface area contributed by atoms with Crippen molar-refractivity contribution in [3.05, 3.63) is 17.8 Å². The summed E-state index contributed by atoms with van der Waals surface area (Å²) < 4.78 is 23.0. The molecular formula is C12H18N4O3S. The third kappa shape index (κ3) is 3.89. The minimum Gasteiger partial charge on any atom is -0.369 e. The molecule has 1 aliphatic rings. The molecule has 0 spiro atoms. The lowest BCUT2D eigenvalue weighted by atomic mass is 10.2. The Balaban J connectivity index is 1.97. The Morgan fingerprint density at radius 2 is 2.20 bits per heavy atom. The molecule has 1 fully saturated rings. The van der Waals surface area contributed by atoms with Crippen LogP contribution in [-0.2, 0) is 9.84 Å². The van der Waals surface area contributed by atoms with Gasteiger partial charge in [0.2, 0.25) is 0 Å². The van der Waals surface area contributed by atoms with Crippen LogP contribution in [0.2, 0.25) is 0 Å². The first-order valence-corrected chi connectivity index (χ1v) is 8.41. The number of hydrogen-bond acceptors (Lipinski definition) is 6. The molecule has 1 aliphatic heterocycles. The van der Waals surface area contributed by atoms with Gasteiger partial charge < -0.3 is 10.6 Å². The molecule has 0 aliphatic carbocycles. The van der Waals surface area contributed by atoms with Crippen molar-refractivity contribution in [3.63, 3.8) is 0 Å². The van der Waals surface area contributed by atoms with Crippen molar-refractivity contribution in [1.29, 1.82) is 0 Å². The third-order valence-electron chi connectivity index (χ3n) is 3.05. The van der Waals surface area contributed by atoms with Crippen molar-refractivity contribution >= 4 is 21.6 Å². The van der Waals surface area contributed by atoms with Gasteiger partial charge >= 0.3 is 0 Å². The number of rotatable bonds is 4. The monoisotopic (exact) mass is 298 g/mol. The first kappa shape index (κ1) is 14.7. The van der Waals surface area contributed by atoms with E-state index in [-0.39, 0.29) is 29.1 Å². The van der Waals surface area contributed by atoms with Crippen LogP contribution in [0, 0.1) is 0 Å². The molecule has 1 aromatic heterocycles. The molecule has 7 nitrogen and oxygen atoms in total. The van der Waals surface area contributed by atoms with E-state index < -0.39 is 9.84 Å². The van der Waals surface area contributed by atoms with E-state index in [0.29, 0.717) is 18.7 Å². The molecule has 1 saturated heterocycles. The average Bonchev–Trinajstić information content (AvgIpc) is 2.38. The van der Waals surface area contributed by atoms with E-state index in [2.05, 4.69) is 20.8 Å². The summed E-state index contributed by atoms with van der Waals surface area (Å²) >= 11 is 0. The molecule has 2 rings (SSSR count). The highest BCUT2D eigenvalue weighted by Gasteiger charge is 2.26. The molecule has 0 bridgehead atoms. The summed E-state index contributed by atoms with van der Waals surface area (Å²) in [6.07, 6.45) is 1.26. The summed E-state index contributed by atoms with van der Waals surface area (Å²) in [6.45, 7) is 2.66. The molecule has 0 aromatic carbocycles. The highest BCUT2D eigenvalue weighted by molar-refractivity contribution is 7.91. The number of anilines is 1. The van der Waals surface area contributed by atoms with Crippen LogP contribution in [0.5, 0.6) is 0 Å². The molecule has 1 atom stereocenters. The second-order valence-corrected chi connectivity index (χ2v) is 6.99. The van der Waals surface area contributed by atoms with Crippen LogP contribution in [-0.4, -0.2) is 48.6 Å².